The van der Waals surface area contributed by atoms with Gasteiger partial charge in [0.15, 0.2) is 5.43 Å². The molecule has 3 rings (SSSR count). The number of carbonyl (C=O) groups excluding carboxylic acids is 1. The maximum Gasteiger partial charge on any atom is 0.261 e. The lowest BCUT2D eigenvalue weighted by Gasteiger charge is -2.09. The van der Waals surface area contributed by atoms with Crippen molar-refractivity contribution < 1.29 is 9.53 Å². The molecule has 0 fully saturated rings. The topological polar surface area (TPSA) is 71.2 Å². The molecule has 23 heavy (non-hydrogen) atoms. The molecular weight excluding hydrogens is 292 g/mol. The zero-order valence-electron chi connectivity index (χ0n) is 13.1. The molecule has 2 aromatic rings. The molecule has 5 nitrogen and oxygen atoms in total. The molecule has 2 N–H and O–H groups in total. The Hall–Kier alpha value is -2.56. The summed E-state index contributed by atoms with van der Waals surface area (Å²) < 4.78 is 5.08. The Balaban J connectivity index is 1.84. The number of methoxy groups -OCH3 is 1. The highest BCUT2D eigenvalue weighted by atomic mass is 16.5. The molecule has 0 bridgehead atoms. The van der Waals surface area contributed by atoms with E-state index in [2.05, 4.69) is 10.3 Å². The smallest absolute Gasteiger partial charge is 0.261 e. The second kappa shape index (κ2) is 6.69. The summed E-state index contributed by atoms with van der Waals surface area (Å²) in [5, 5.41) is 2.76. The number of aromatic amines is 1. The summed E-state index contributed by atoms with van der Waals surface area (Å²) in [5.41, 5.74) is 2.40. The van der Waals surface area contributed by atoms with Gasteiger partial charge in [-0.1, -0.05) is 6.42 Å². The van der Waals surface area contributed by atoms with Crippen LogP contribution in [-0.4, -0.2) is 18.0 Å². The molecule has 0 saturated heterocycles. The average molecular weight is 312 g/mol. The minimum atomic E-state index is -0.386. The van der Waals surface area contributed by atoms with E-state index in [1.807, 2.05) is 0 Å². The van der Waals surface area contributed by atoms with Gasteiger partial charge in [-0.25, -0.2) is 0 Å². The third-order valence-electron chi connectivity index (χ3n) is 4.22. The van der Waals surface area contributed by atoms with Gasteiger partial charge in [-0.05, 0) is 49.9 Å². The molecule has 0 aliphatic heterocycles. The van der Waals surface area contributed by atoms with Gasteiger partial charge in [-0.15, -0.1) is 0 Å². The molecule has 1 aliphatic rings. The monoisotopic (exact) mass is 312 g/mol. The summed E-state index contributed by atoms with van der Waals surface area (Å²) in [4.78, 5) is 28.1. The van der Waals surface area contributed by atoms with Gasteiger partial charge in [0.2, 0.25) is 0 Å². The highest BCUT2D eigenvalue weighted by Crippen LogP contribution is 2.18. The van der Waals surface area contributed by atoms with Gasteiger partial charge < -0.3 is 15.0 Å². The third kappa shape index (κ3) is 3.28. The molecule has 0 radical (unpaired) electrons. The van der Waals surface area contributed by atoms with Crippen molar-refractivity contribution in [3.05, 3.63) is 57.5 Å². The van der Waals surface area contributed by atoms with E-state index < -0.39 is 0 Å². The van der Waals surface area contributed by atoms with Crippen LogP contribution in [0.2, 0.25) is 0 Å². The Bertz CT molecular complexity index is 763. The highest BCUT2D eigenvalue weighted by molar-refractivity contribution is 6.04. The van der Waals surface area contributed by atoms with Crippen LogP contribution >= 0.6 is 0 Å². The second-order valence-electron chi connectivity index (χ2n) is 5.73. The Labute approximate surface area is 134 Å². The predicted octanol–water partition coefficient (Wildman–Crippen LogP) is 2.90. The second-order valence-corrected chi connectivity index (χ2v) is 5.73. The number of nitrogens with one attached hydrogen (secondary N) is 2. The number of pyridine rings is 1. The standard InChI is InChI=1S/C18H20N2O3/c1-23-13-9-7-12(8-10-13)20-18(22)15-11-19-16-6-4-2-3-5-14(16)17(15)21/h7-11H,2-6H2,1H3,(H,19,21)(H,20,22). The van der Waals surface area contributed by atoms with Crippen LogP contribution in [0.3, 0.4) is 0 Å². The Morgan fingerprint density at radius 3 is 2.61 bits per heavy atom. The van der Waals surface area contributed by atoms with Crippen molar-refractivity contribution in [2.24, 2.45) is 0 Å². The SMILES string of the molecule is COc1ccc(NC(=O)c2c[nH]c3c(c2=O)CCCCC3)cc1. The number of aryl methyl sites for hydroxylation is 1. The van der Waals surface area contributed by atoms with Crippen LogP contribution in [0.4, 0.5) is 5.69 Å². The molecule has 120 valence electrons. The fraction of sp³-hybridized carbons (Fsp3) is 0.333. The molecule has 0 spiro atoms. The van der Waals surface area contributed by atoms with Gasteiger partial charge in [0.1, 0.15) is 11.3 Å². The molecule has 1 aromatic carbocycles. The van der Waals surface area contributed by atoms with Gasteiger partial charge in [0.05, 0.1) is 7.11 Å². The molecule has 0 atom stereocenters. The first-order valence-corrected chi connectivity index (χ1v) is 7.88. The van der Waals surface area contributed by atoms with E-state index in [4.69, 9.17) is 4.74 Å². The molecule has 1 heterocycles. The summed E-state index contributed by atoms with van der Waals surface area (Å²) in [6, 6.07) is 7.01. The number of H-pyrrole nitrogens is 1. The van der Waals surface area contributed by atoms with Crippen LogP contribution in [0, 0.1) is 0 Å². The van der Waals surface area contributed by atoms with Crippen LogP contribution in [0.5, 0.6) is 5.75 Å². The first-order chi connectivity index (χ1) is 11.2. The average Bonchev–Trinajstić information content (AvgIpc) is 2.82. The van der Waals surface area contributed by atoms with Crippen LogP contribution in [-0.2, 0) is 12.8 Å². The molecule has 5 heteroatoms. The maximum absolute atomic E-state index is 12.6. The zero-order chi connectivity index (χ0) is 16.2. The van der Waals surface area contributed by atoms with Gasteiger partial charge in [0.25, 0.3) is 5.91 Å². The van der Waals surface area contributed by atoms with Crippen molar-refractivity contribution in [1.82, 2.24) is 4.98 Å². The quantitative estimate of drug-likeness (QED) is 0.856. The number of amides is 1. The summed E-state index contributed by atoms with van der Waals surface area (Å²) in [6.07, 6.45) is 6.36. The number of benzene rings is 1. The van der Waals surface area contributed by atoms with Crippen LogP contribution in [0.15, 0.2) is 35.3 Å². The summed E-state index contributed by atoms with van der Waals surface area (Å²) in [6.45, 7) is 0. The van der Waals surface area contributed by atoms with Crippen LogP contribution in [0.25, 0.3) is 0 Å². The molecule has 1 aromatic heterocycles. The number of fused-ring (bicyclic) bond motifs is 1. The van der Waals surface area contributed by atoms with Gasteiger partial charge in [-0.2, -0.15) is 0 Å². The third-order valence-corrected chi connectivity index (χ3v) is 4.22. The predicted molar refractivity (Wildman–Crippen MR) is 89.3 cm³/mol. The molecule has 0 unspecified atom stereocenters. The summed E-state index contributed by atoms with van der Waals surface area (Å²) in [5.74, 6) is 0.328. The Morgan fingerprint density at radius 1 is 1.13 bits per heavy atom. The lowest BCUT2D eigenvalue weighted by Crippen LogP contribution is -2.25. The van der Waals surface area contributed by atoms with E-state index in [-0.39, 0.29) is 16.9 Å². The first kappa shape index (κ1) is 15.3. The van der Waals surface area contributed by atoms with Crippen molar-refractivity contribution in [1.29, 1.82) is 0 Å². The summed E-state index contributed by atoms with van der Waals surface area (Å²) in [7, 11) is 1.59. The van der Waals surface area contributed by atoms with Gasteiger partial charge in [-0.3, -0.25) is 9.59 Å². The number of anilines is 1. The largest absolute Gasteiger partial charge is 0.497 e. The Morgan fingerprint density at radius 2 is 1.87 bits per heavy atom. The van der Waals surface area contributed by atoms with Crippen LogP contribution < -0.4 is 15.5 Å². The number of hydrogen-bond acceptors (Lipinski definition) is 3. The minimum Gasteiger partial charge on any atom is -0.497 e. The fourth-order valence-electron chi connectivity index (χ4n) is 2.92. The maximum atomic E-state index is 12.6. The summed E-state index contributed by atoms with van der Waals surface area (Å²) >= 11 is 0. The van der Waals surface area contributed by atoms with E-state index in [1.165, 1.54) is 6.20 Å². The first-order valence-electron chi connectivity index (χ1n) is 7.88. The van der Waals surface area contributed by atoms with Crippen molar-refractivity contribution in [2.45, 2.75) is 32.1 Å². The van der Waals surface area contributed by atoms with Crippen molar-refractivity contribution in [2.75, 3.05) is 12.4 Å². The molecule has 1 aliphatic carbocycles. The Kier molecular flexibility index (Phi) is 4.46. The van der Waals surface area contributed by atoms with Gasteiger partial charge in [0, 0.05) is 23.1 Å². The lowest BCUT2D eigenvalue weighted by molar-refractivity contribution is 0.102. The number of rotatable bonds is 3. The number of aromatic nitrogens is 1. The van der Waals surface area contributed by atoms with Crippen LogP contribution in [0.1, 0.15) is 40.9 Å². The van der Waals surface area contributed by atoms with Crippen molar-refractivity contribution >= 4 is 11.6 Å². The van der Waals surface area contributed by atoms with Crippen molar-refractivity contribution in [3.8, 4) is 5.75 Å². The van der Waals surface area contributed by atoms with E-state index in [1.54, 1.807) is 31.4 Å². The van der Waals surface area contributed by atoms with E-state index in [0.29, 0.717) is 11.4 Å². The minimum absolute atomic E-state index is 0.147. The van der Waals surface area contributed by atoms with Crippen molar-refractivity contribution in [3.63, 3.8) is 0 Å². The molecule has 1 amide bonds. The van der Waals surface area contributed by atoms with E-state index in [0.717, 1.165) is 43.4 Å². The van der Waals surface area contributed by atoms with Gasteiger partial charge >= 0.3 is 0 Å². The lowest BCUT2D eigenvalue weighted by atomic mass is 10.1. The van der Waals surface area contributed by atoms with E-state index >= 15 is 0 Å². The fourth-order valence-corrected chi connectivity index (χ4v) is 2.92. The molecular formula is C18H20N2O3. The zero-order valence-corrected chi connectivity index (χ0v) is 13.1. The number of ether oxygens (including phenoxy) is 1. The van der Waals surface area contributed by atoms with E-state index in [9.17, 15) is 9.59 Å². The number of hydrogen-bond donors (Lipinski definition) is 2. The number of carbonyl (C=O) groups is 1. The molecule has 0 saturated carbocycles. The highest BCUT2D eigenvalue weighted by Gasteiger charge is 2.18. The normalized spacial score (nSPS) is 13.8.